The molecule has 140 valence electrons. The number of nitrogens with zero attached hydrogens (tertiary/aromatic N) is 4. The van der Waals surface area contributed by atoms with E-state index in [1.807, 2.05) is 25.2 Å². The van der Waals surface area contributed by atoms with Crippen LogP contribution in [0.4, 0.5) is 17.5 Å². The number of nitrogens with one attached hydrogen (secondary N) is 1. The second-order valence-electron chi connectivity index (χ2n) is 7.73. The molecule has 8 heteroatoms. The van der Waals surface area contributed by atoms with Gasteiger partial charge in [0.05, 0.1) is 17.7 Å². The molecule has 1 fully saturated rings. The number of hydrogen-bond donors (Lipinski definition) is 1. The lowest BCUT2D eigenvalue weighted by Gasteiger charge is -2.24. The largest absolute Gasteiger partial charge is 0.339 e. The van der Waals surface area contributed by atoms with E-state index in [1.54, 1.807) is 11.1 Å². The molecular weight excluding hydrogens is 350 g/mol. The Labute approximate surface area is 154 Å². The van der Waals surface area contributed by atoms with Crippen molar-refractivity contribution in [3.8, 4) is 0 Å². The highest BCUT2D eigenvalue weighted by atomic mass is 32.2. The molecule has 2 aromatic rings. The predicted octanol–water partition coefficient (Wildman–Crippen LogP) is 2.54. The van der Waals surface area contributed by atoms with Gasteiger partial charge in [-0.3, -0.25) is 0 Å². The number of sulfone groups is 1. The summed E-state index contributed by atoms with van der Waals surface area (Å²) in [5.41, 5.74) is 2.13. The molecule has 1 unspecified atom stereocenters. The lowest BCUT2D eigenvalue weighted by Crippen LogP contribution is -2.34. The molecule has 0 radical (unpaired) electrons. The van der Waals surface area contributed by atoms with Crippen LogP contribution in [0.2, 0.25) is 0 Å². The lowest BCUT2D eigenvalue weighted by atomic mass is 9.86. The van der Waals surface area contributed by atoms with Crippen LogP contribution in [0.5, 0.6) is 0 Å². The Kier molecular flexibility index (Phi) is 4.88. The molecule has 26 heavy (non-hydrogen) atoms. The Bertz CT molecular complexity index is 892. The van der Waals surface area contributed by atoms with Gasteiger partial charge in [-0.1, -0.05) is 39.0 Å². The van der Waals surface area contributed by atoms with E-state index in [4.69, 9.17) is 0 Å². The first kappa shape index (κ1) is 18.6. The fourth-order valence-corrected chi connectivity index (χ4v) is 4.91. The highest BCUT2D eigenvalue weighted by molar-refractivity contribution is 7.91. The van der Waals surface area contributed by atoms with E-state index in [0.29, 0.717) is 18.2 Å². The number of rotatable bonds is 4. The topological polar surface area (TPSA) is 88.1 Å². The first-order valence-corrected chi connectivity index (χ1v) is 10.5. The molecule has 0 saturated carbocycles. The van der Waals surface area contributed by atoms with Gasteiger partial charge in [0, 0.05) is 18.8 Å². The quantitative estimate of drug-likeness (QED) is 0.878. The number of aromatic nitrogens is 3. The maximum absolute atomic E-state index is 11.7. The molecule has 0 bridgehead atoms. The van der Waals surface area contributed by atoms with Crippen molar-refractivity contribution in [2.75, 3.05) is 28.8 Å². The zero-order chi connectivity index (χ0) is 18.9. The van der Waals surface area contributed by atoms with E-state index >= 15 is 0 Å². The van der Waals surface area contributed by atoms with Crippen LogP contribution in [0.25, 0.3) is 0 Å². The van der Waals surface area contributed by atoms with Crippen molar-refractivity contribution in [2.45, 2.75) is 38.6 Å². The third-order valence-electron chi connectivity index (χ3n) is 4.62. The molecule has 1 saturated heterocycles. The molecule has 0 aliphatic carbocycles. The Morgan fingerprint density at radius 2 is 1.96 bits per heavy atom. The molecule has 1 aliphatic heterocycles. The minimum absolute atomic E-state index is 0.0120. The molecule has 2 heterocycles. The van der Waals surface area contributed by atoms with Gasteiger partial charge in [0.25, 0.3) is 0 Å². The van der Waals surface area contributed by atoms with Crippen LogP contribution in [0, 0.1) is 0 Å². The van der Waals surface area contributed by atoms with Crippen molar-refractivity contribution in [3.05, 3.63) is 36.0 Å². The lowest BCUT2D eigenvalue weighted by molar-refractivity contribution is 0.592. The molecule has 3 rings (SSSR count). The SMILES string of the molecule is CN(c1nncc(Nc2ccccc2C(C)(C)C)n1)C1CCS(=O)(=O)C1. The summed E-state index contributed by atoms with van der Waals surface area (Å²) in [7, 11) is -1.15. The molecule has 1 atom stereocenters. The van der Waals surface area contributed by atoms with Gasteiger partial charge in [-0.25, -0.2) is 8.42 Å². The van der Waals surface area contributed by atoms with Gasteiger partial charge in [-0.15, -0.1) is 5.10 Å². The van der Waals surface area contributed by atoms with E-state index in [1.165, 1.54) is 5.56 Å². The van der Waals surface area contributed by atoms with E-state index in [2.05, 4.69) is 47.3 Å². The molecule has 1 aromatic carbocycles. The van der Waals surface area contributed by atoms with Crippen molar-refractivity contribution < 1.29 is 8.42 Å². The molecule has 0 amide bonds. The van der Waals surface area contributed by atoms with Gasteiger partial charge >= 0.3 is 0 Å². The zero-order valence-corrected chi connectivity index (χ0v) is 16.4. The molecule has 1 aliphatic rings. The number of para-hydroxylation sites is 1. The van der Waals surface area contributed by atoms with Crippen LogP contribution >= 0.6 is 0 Å². The van der Waals surface area contributed by atoms with Gasteiger partial charge in [0.2, 0.25) is 5.95 Å². The molecule has 7 nitrogen and oxygen atoms in total. The van der Waals surface area contributed by atoms with E-state index in [-0.39, 0.29) is 23.0 Å². The summed E-state index contributed by atoms with van der Waals surface area (Å²) in [6, 6.07) is 7.98. The third kappa shape index (κ3) is 4.12. The second kappa shape index (κ2) is 6.83. The monoisotopic (exact) mass is 375 g/mol. The third-order valence-corrected chi connectivity index (χ3v) is 6.37. The van der Waals surface area contributed by atoms with Crippen LogP contribution in [0.1, 0.15) is 32.8 Å². The van der Waals surface area contributed by atoms with Crippen molar-refractivity contribution in [1.29, 1.82) is 0 Å². The van der Waals surface area contributed by atoms with Gasteiger partial charge in [-0.2, -0.15) is 10.1 Å². The van der Waals surface area contributed by atoms with Gasteiger partial charge in [0.1, 0.15) is 0 Å². The fraction of sp³-hybridized carbons (Fsp3) is 0.500. The predicted molar refractivity (Wildman–Crippen MR) is 104 cm³/mol. The maximum atomic E-state index is 11.7. The standard InChI is InChI=1S/C18H25N5O2S/c1-18(2,3)14-7-5-6-8-15(14)20-16-11-19-22-17(21-16)23(4)13-9-10-26(24,25)12-13/h5-8,11,13H,9-10,12H2,1-4H3,(H,20,21,22). The number of hydrogen-bond acceptors (Lipinski definition) is 7. The summed E-state index contributed by atoms with van der Waals surface area (Å²) in [4.78, 5) is 6.33. The molecular formula is C18H25N5O2S. The Morgan fingerprint density at radius 3 is 2.62 bits per heavy atom. The van der Waals surface area contributed by atoms with Crippen molar-refractivity contribution in [2.24, 2.45) is 0 Å². The summed E-state index contributed by atoms with van der Waals surface area (Å²) < 4.78 is 23.4. The summed E-state index contributed by atoms with van der Waals surface area (Å²) >= 11 is 0. The maximum Gasteiger partial charge on any atom is 0.247 e. The molecule has 1 N–H and O–H groups in total. The minimum Gasteiger partial charge on any atom is -0.339 e. The highest BCUT2D eigenvalue weighted by Crippen LogP contribution is 2.31. The average molecular weight is 375 g/mol. The summed E-state index contributed by atoms with van der Waals surface area (Å²) in [6.45, 7) is 6.47. The van der Waals surface area contributed by atoms with Crippen molar-refractivity contribution in [1.82, 2.24) is 15.2 Å². The average Bonchev–Trinajstić information content (AvgIpc) is 2.94. The van der Waals surface area contributed by atoms with E-state index in [0.717, 1.165) is 5.69 Å². The number of benzene rings is 1. The summed E-state index contributed by atoms with van der Waals surface area (Å²) in [5.74, 6) is 1.36. The minimum atomic E-state index is -2.96. The van der Waals surface area contributed by atoms with Gasteiger partial charge in [0.15, 0.2) is 15.7 Å². The number of anilines is 3. The van der Waals surface area contributed by atoms with Gasteiger partial charge < -0.3 is 10.2 Å². The Hall–Kier alpha value is -2.22. The summed E-state index contributed by atoms with van der Waals surface area (Å²) in [5, 5.41) is 11.4. The van der Waals surface area contributed by atoms with Crippen molar-refractivity contribution in [3.63, 3.8) is 0 Å². The van der Waals surface area contributed by atoms with Crippen LogP contribution in [0.15, 0.2) is 30.5 Å². The second-order valence-corrected chi connectivity index (χ2v) is 9.96. The first-order chi connectivity index (χ1) is 12.2. The van der Waals surface area contributed by atoms with Crippen LogP contribution < -0.4 is 10.2 Å². The normalized spacial score (nSPS) is 19.3. The van der Waals surface area contributed by atoms with Crippen LogP contribution in [0.3, 0.4) is 0 Å². The molecule has 1 aromatic heterocycles. The Balaban J connectivity index is 1.83. The van der Waals surface area contributed by atoms with Crippen LogP contribution in [-0.4, -0.2) is 48.2 Å². The smallest absolute Gasteiger partial charge is 0.247 e. The van der Waals surface area contributed by atoms with E-state index in [9.17, 15) is 8.42 Å². The van der Waals surface area contributed by atoms with Crippen molar-refractivity contribution >= 4 is 27.3 Å². The first-order valence-electron chi connectivity index (χ1n) is 8.65. The zero-order valence-electron chi connectivity index (χ0n) is 15.6. The summed E-state index contributed by atoms with van der Waals surface area (Å²) in [6.07, 6.45) is 2.16. The molecule has 0 spiro atoms. The highest BCUT2D eigenvalue weighted by Gasteiger charge is 2.32. The van der Waals surface area contributed by atoms with Gasteiger partial charge in [-0.05, 0) is 23.5 Å². The fourth-order valence-electron chi connectivity index (χ4n) is 3.13. The van der Waals surface area contributed by atoms with Crippen LogP contribution in [-0.2, 0) is 15.3 Å². The Morgan fingerprint density at radius 1 is 1.23 bits per heavy atom. The van der Waals surface area contributed by atoms with E-state index < -0.39 is 9.84 Å².